The summed E-state index contributed by atoms with van der Waals surface area (Å²) >= 11 is 0. The number of aromatic nitrogens is 2. The molecule has 1 heterocycles. The molecule has 0 spiro atoms. The minimum absolute atomic E-state index is 0.0781. The van der Waals surface area contributed by atoms with Crippen molar-refractivity contribution in [3.05, 3.63) is 51.9 Å². The minimum Gasteiger partial charge on any atom is -0.285 e. The molecule has 0 atom stereocenters. The standard InChI is InChI=1S/C11H9N3O4S/c12-6-9-5-11(15)14(13-9)7-8-3-1-2-4-10(8)19(16,17)18/h1-5,13H,7H2,(H,16,17,18). The Kier molecular flexibility index (Phi) is 3.25. The minimum atomic E-state index is -4.36. The molecule has 0 unspecified atom stereocenters. The van der Waals surface area contributed by atoms with Crippen LogP contribution in [0, 0.1) is 11.3 Å². The number of nitriles is 1. The Balaban J connectivity index is 2.48. The van der Waals surface area contributed by atoms with Crippen LogP contribution in [0.4, 0.5) is 0 Å². The molecule has 1 aromatic heterocycles. The zero-order valence-electron chi connectivity index (χ0n) is 9.57. The fraction of sp³-hybridized carbons (Fsp3) is 0.0909. The van der Waals surface area contributed by atoms with Gasteiger partial charge in [-0.05, 0) is 11.6 Å². The second-order valence-corrected chi connectivity index (χ2v) is 5.18. The van der Waals surface area contributed by atoms with Crippen molar-refractivity contribution in [3.8, 4) is 6.07 Å². The molecule has 1 aromatic carbocycles. The number of hydrogen-bond acceptors (Lipinski definition) is 4. The van der Waals surface area contributed by atoms with Crippen LogP contribution in [-0.2, 0) is 16.7 Å². The molecule has 8 heteroatoms. The van der Waals surface area contributed by atoms with Crippen molar-refractivity contribution in [2.24, 2.45) is 0 Å². The van der Waals surface area contributed by atoms with Crippen molar-refractivity contribution in [3.63, 3.8) is 0 Å². The molecule has 0 fully saturated rings. The first-order valence-corrected chi connectivity index (χ1v) is 6.61. The number of nitrogens with zero attached hydrogens (tertiary/aromatic N) is 2. The average molecular weight is 279 g/mol. The molecule has 7 nitrogen and oxygen atoms in total. The Hall–Kier alpha value is -2.37. The number of benzene rings is 1. The Morgan fingerprint density at radius 1 is 1.37 bits per heavy atom. The van der Waals surface area contributed by atoms with E-state index in [1.165, 1.54) is 18.2 Å². The summed E-state index contributed by atoms with van der Waals surface area (Å²) in [4.78, 5) is 11.3. The second kappa shape index (κ2) is 4.72. The third kappa shape index (κ3) is 2.73. The van der Waals surface area contributed by atoms with E-state index in [2.05, 4.69) is 5.10 Å². The summed E-state index contributed by atoms with van der Waals surface area (Å²) in [6.07, 6.45) is 0. The molecule has 0 saturated heterocycles. The molecule has 2 N–H and O–H groups in total. The van der Waals surface area contributed by atoms with E-state index in [4.69, 9.17) is 9.81 Å². The van der Waals surface area contributed by atoms with Crippen LogP contribution >= 0.6 is 0 Å². The van der Waals surface area contributed by atoms with Crippen LogP contribution in [0.5, 0.6) is 0 Å². The van der Waals surface area contributed by atoms with Gasteiger partial charge in [-0.25, -0.2) is 4.68 Å². The first-order valence-electron chi connectivity index (χ1n) is 5.17. The van der Waals surface area contributed by atoms with Crippen LogP contribution in [0.3, 0.4) is 0 Å². The smallest absolute Gasteiger partial charge is 0.285 e. The Bertz CT molecular complexity index is 811. The van der Waals surface area contributed by atoms with Gasteiger partial charge in [0.1, 0.15) is 11.8 Å². The van der Waals surface area contributed by atoms with Crippen LogP contribution in [0.25, 0.3) is 0 Å². The fourth-order valence-corrected chi connectivity index (χ4v) is 2.38. The molecule has 2 rings (SSSR count). The predicted octanol–water partition coefficient (Wildman–Crippen LogP) is 0.343. The maximum Gasteiger partial charge on any atom is 0.294 e. The zero-order chi connectivity index (χ0) is 14.0. The van der Waals surface area contributed by atoms with Gasteiger partial charge in [0.25, 0.3) is 15.7 Å². The van der Waals surface area contributed by atoms with Crippen molar-refractivity contribution in [2.75, 3.05) is 0 Å². The lowest BCUT2D eigenvalue weighted by Crippen LogP contribution is -2.18. The highest BCUT2D eigenvalue weighted by Gasteiger charge is 2.15. The van der Waals surface area contributed by atoms with Crippen LogP contribution in [-0.4, -0.2) is 22.8 Å². The predicted molar refractivity (Wildman–Crippen MR) is 65.1 cm³/mol. The van der Waals surface area contributed by atoms with Gasteiger partial charge in [-0.3, -0.25) is 14.4 Å². The summed E-state index contributed by atoms with van der Waals surface area (Å²) in [5.74, 6) is 0. The lowest BCUT2D eigenvalue weighted by molar-refractivity contribution is 0.481. The molecule has 2 aromatic rings. The molecular weight excluding hydrogens is 270 g/mol. The SMILES string of the molecule is N#Cc1cc(=O)n(Cc2ccccc2S(=O)(=O)O)[nH]1. The van der Waals surface area contributed by atoms with Gasteiger partial charge in [-0.2, -0.15) is 13.7 Å². The first kappa shape index (κ1) is 13.1. The van der Waals surface area contributed by atoms with Crippen LogP contribution in [0.2, 0.25) is 0 Å². The topological polar surface area (TPSA) is 116 Å². The third-order valence-electron chi connectivity index (χ3n) is 2.49. The van der Waals surface area contributed by atoms with Gasteiger partial charge in [0.2, 0.25) is 0 Å². The van der Waals surface area contributed by atoms with Gasteiger partial charge in [-0.15, -0.1) is 0 Å². The largest absolute Gasteiger partial charge is 0.294 e. The monoisotopic (exact) mass is 279 g/mol. The van der Waals surface area contributed by atoms with Gasteiger partial charge < -0.3 is 0 Å². The number of hydrogen-bond donors (Lipinski definition) is 2. The van der Waals surface area contributed by atoms with Gasteiger partial charge in [0, 0.05) is 6.07 Å². The summed E-state index contributed by atoms with van der Waals surface area (Å²) in [5, 5.41) is 11.2. The Morgan fingerprint density at radius 3 is 2.63 bits per heavy atom. The van der Waals surface area contributed by atoms with E-state index < -0.39 is 15.7 Å². The molecule has 19 heavy (non-hydrogen) atoms. The number of H-pyrrole nitrogens is 1. The summed E-state index contributed by atoms with van der Waals surface area (Å²) in [6.45, 7) is -0.0868. The van der Waals surface area contributed by atoms with Crippen LogP contribution < -0.4 is 5.56 Å². The van der Waals surface area contributed by atoms with Gasteiger partial charge in [-0.1, -0.05) is 18.2 Å². The molecule has 0 aliphatic carbocycles. The number of nitrogens with one attached hydrogen (secondary N) is 1. The lowest BCUT2D eigenvalue weighted by atomic mass is 10.2. The van der Waals surface area contributed by atoms with E-state index >= 15 is 0 Å². The van der Waals surface area contributed by atoms with E-state index in [1.807, 2.05) is 0 Å². The summed E-state index contributed by atoms with van der Waals surface area (Å²) in [7, 11) is -4.36. The summed E-state index contributed by atoms with van der Waals surface area (Å²) < 4.78 is 32.6. The van der Waals surface area contributed by atoms with E-state index in [-0.39, 0.29) is 22.7 Å². The van der Waals surface area contributed by atoms with Gasteiger partial charge in [0.15, 0.2) is 0 Å². The lowest BCUT2D eigenvalue weighted by Gasteiger charge is -2.06. The van der Waals surface area contributed by atoms with E-state index in [0.29, 0.717) is 0 Å². The zero-order valence-corrected chi connectivity index (χ0v) is 10.4. The summed E-state index contributed by atoms with van der Waals surface area (Å²) in [5.41, 5.74) is -0.130. The van der Waals surface area contributed by atoms with Crippen LogP contribution in [0.15, 0.2) is 40.0 Å². The molecule has 0 aliphatic rings. The summed E-state index contributed by atoms with van der Waals surface area (Å²) in [6, 6.07) is 8.65. The molecule has 0 bridgehead atoms. The van der Waals surface area contributed by atoms with E-state index in [1.54, 1.807) is 12.1 Å². The van der Waals surface area contributed by atoms with Gasteiger partial charge in [0.05, 0.1) is 11.4 Å². The maximum atomic E-state index is 11.5. The molecule has 0 aliphatic heterocycles. The highest BCUT2D eigenvalue weighted by atomic mass is 32.2. The fourth-order valence-electron chi connectivity index (χ4n) is 1.67. The van der Waals surface area contributed by atoms with Crippen molar-refractivity contribution >= 4 is 10.1 Å². The number of rotatable bonds is 3. The molecular formula is C11H9N3O4S. The van der Waals surface area contributed by atoms with Gasteiger partial charge >= 0.3 is 0 Å². The molecule has 0 radical (unpaired) electrons. The molecule has 98 valence electrons. The molecule has 0 saturated carbocycles. The maximum absolute atomic E-state index is 11.5. The molecule has 0 amide bonds. The second-order valence-electron chi connectivity index (χ2n) is 3.79. The quantitative estimate of drug-likeness (QED) is 0.786. The van der Waals surface area contributed by atoms with Crippen molar-refractivity contribution < 1.29 is 13.0 Å². The highest BCUT2D eigenvalue weighted by Crippen LogP contribution is 2.15. The van der Waals surface area contributed by atoms with E-state index in [9.17, 15) is 13.2 Å². The van der Waals surface area contributed by atoms with Crippen molar-refractivity contribution in [1.29, 1.82) is 5.26 Å². The van der Waals surface area contributed by atoms with Crippen molar-refractivity contribution in [2.45, 2.75) is 11.4 Å². The Morgan fingerprint density at radius 2 is 2.05 bits per heavy atom. The van der Waals surface area contributed by atoms with Crippen molar-refractivity contribution in [1.82, 2.24) is 9.78 Å². The Labute approximate surface area is 108 Å². The normalized spacial score (nSPS) is 11.2. The average Bonchev–Trinajstić information content (AvgIpc) is 2.70. The van der Waals surface area contributed by atoms with E-state index in [0.717, 1.165) is 10.7 Å². The number of aromatic amines is 1. The third-order valence-corrected chi connectivity index (χ3v) is 3.44. The first-order chi connectivity index (χ1) is 8.91. The highest BCUT2D eigenvalue weighted by molar-refractivity contribution is 7.85. The van der Waals surface area contributed by atoms with Crippen LogP contribution in [0.1, 0.15) is 11.3 Å².